The summed E-state index contributed by atoms with van der Waals surface area (Å²) in [4.78, 5) is 0. The number of hydrogen-bond acceptors (Lipinski definition) is 9. The molecule has 0 aliphatic rings. The molecular formula is C18H38O6P2S4. The summed E-state index contributed by atoms with van der Waals surface area (Å²) in [7, 11) is -6.73. The molecule has 30 heavy (non-hydrogen) atoms. The van der Waals surface area contributed by atoms with E-state index in [2.05, 4.69) is 0 Å². The van der Waals surface area contributed by atoms with E-state index in [1.807, 2.05) is 67.9 Å². The van der Waals surface area contributed by atoms with Gasteiger partial charge in [0.25, 0.3) is 0 Å². The molecule has 12 heteroatoms. The number of rotatable bonds is 15. The van der Waals surface area contributed by atoms with Crippen LogP contribution < -0.4 is 0 Å². The van der Waals surface area contributed by atoms with E-state index >= 15 is 0 Å². The third-order valence-electron chi connectivity index (χ3n) is 2.73. The first-order valence-electron chi connectivity index (χ1n) is 9.81. The van der Waals surface area contributed by atoms with Crippen LogP contribution >= 0.6 is 50.5 Å². The molecule has 0 aliphatic heterocycles. The summed E-state index contributed by atoms with van der Waals surface area (Å²) in [5.74, 6) is 1.31. The fraction of sp³-hybridized carbons (Fsp3) is 0.889. The van der Waals surface area contributed by atoms with Crippen molar-refractivity contribution in [3.8, 4) is 0 Å². The van der Waals surface area contributed by atoms with E-state index in [0.29, 0.717) is 19.8 Å². The van der Waals surface area contributed by atoms with Crippen molar-refractivity contribution < 1.29 is 27.2 Å². The Bertz CT molecular complexity index is 585. The number of hydrogen-bond donors (Lipinski definition) is 0. The second-order valence-electron chi connectivity index (χ2n) is 7.25. The normalized spacial score (nSPS) is 14.2. The molecular weight excluding hydrogens is 502 g/mol. The molecule has 0 saturated carbocycles. The van der Waals surface area contributed by atoms with Crippen LogP contribution in [0.3, 0.4) is 0 Å². The van der Waals surface area contributed by atoms with E-state index in [1.54, 1.807) is 0 Å². The molecule has 0 radical (unpaired) electrons. The first-order chi connectivity index (χ1) is 13.8. The van der Waals surface area contributed by atoms with Crippen molar-refractivity contribution in [2.45, 2.75) is 79.8 Å². The summed E-state index contributed by atoms with van der Waals surface area (Å²) in [6, 6.07) is 0. The zero-order valence-electron chi connectivity index (χ0n) is 19.7. The summed E-state index contributed by atoms with van der Waals surface area (Å²) < 4.78 is 50.7. The van der Waals surface area contributed by atoms with Crippen LogP contribution in [0.5, 0.6) is 0 Å². The highest BCUT2D eigenvalue weighted by Crippen LogP contribution is 2.67. The predicted octanol–water partition coefficient (Wildman–Crippen LogP) is 7.15. The average Bonchev–Trinajstić information content (AvgIpc) is 2.54. The van der Waals surface area contributed by atoms with E-state index in [0.717, 1.165) is 0 Å². The van der Waals surface area contributed by atoms with Gasteiger partial charge < -0.3 is 32.6 Å². The highest BCUT2D eigenvalue weighted by Gasteiger charge is 2.41. The van der Waals surface area contributed by atoms with Gasteiger partial charge in [0, 0.05) is 5.75 Å². The lowest BCUT2D eigenvalue weighted by Crippen LogP contribution is -2.14. The lowest BCUT2D eigenvalue weighted by molar-refractivity contribution is 0.147. The maximum Gasteiger partial charge on any atom is 0.425 e. The van der Waals surface area contributed by atoms with E-state index in [-0.39, 0.29) is 24.4 Å². The fourth-order valence-corrected chi connectivity index (χ4v) is 11.8. The molecule has 0 saturated heterocycles. The molecule has 0 aliphatic carbocycles. The molecule has 0 spiro atoms. The van der Waals surface area contributed by atoms with Crippen LogP contribution in [0, 0.1) is 4.32 Å². The van der Waals surface area contributed by atoms with Crippen LogP contribution in [-0.2, 0) is 38.6 Å². The average molecular weight is 541 g/mol. The van der Waals surface area contributed by atoms with Crippen LogP contribution in [0.15, 0.2) is 0 Å². The maximum atomic E-state index is 13.3. The van der Waals surface area contributed by atoms with Gasteiger partial charge in [0.2, 0.25) is 7.60 Å². The van der Waals surface area contributed by atoms with Gasteiger partial charge in [0.15, 0.2) is 17.6 Å². The van der Waals surface area contributed by atoms with E-state index in [1.165, 1.54) is 46.6 Å². The molecule has 0 aromatic rings. The molecule has 0 aromatic carbocycles. The van der Waals surface area contributed by atoms with Gasteiger partial charge in [-0.3, -0.25) is 13.6 Å². The molecule has 0 rings (SSSR count). The molecule has 0 aromatic heterocycles. The Morgan fingerprint density at radius 1 is 0.833 bits per heavy atom. The summed E-state index contributed by atoms with van der Waals surface area (Å²) >= 11 is 5.69. The minimum absolute atomic E-state index is 0.213. The number of thioether (sulfide) groups is 3. The lowest BCUT2D eigenvalue weighted by atomic mass is 10.5. The third kappa shape index (κ3) is 12.1. The Hall–Kier alpha value is 1.44. The standard InChI is InChI=1S/C18H38O6P2S4/c1-13(2)21-25(19,22-14(3)4)17(27-9)29-11-12-30-18(28-10)26(20,23-15(5)6)24-16(7)8/h13-16H,11-12H2,1-10H3. The predicted molar refractivity (Wildman–Crippen MR) is 140 cm³/mol. The largest absolute Gasteiger partial charge is 0.425 e. The van der Waals surface area contributed by atoms with Gasteiger partial charge in [-0.25, -0.2) is 4.57 Å². The van der Waals surface area contributed by atoms with Crippen LogP contribution in [0.4, 0.5) is 0 Å². The fourth-order valence-electron chi connectivity index (χ4n) is 2.09. The molecule has 6 nitrogen and oxygen atoms in total. The highest BCUT2D eigenvalue weighted by molar-refractivity contribution is 8.35. The van der Waals surface area contributed by atoms with Crippen molar-refractivity contribution in [1.82, 2.24) is 0 Å². The first kappa shape index (κ1) is 31.4. The van der Waals surface area contributed by atoms with E-state index < -0.39 is 15.2 Å². The zero-order valence-corrected chi connectivity index (χ0v) is 24.8. The molecule has 0 heterocycles. The van der Waals surface area contributed by atoms with Gasteiger partial charge in [-0.1, -0.05) is 16.1 Å². The molecule has 0 fully saturated rings. The molecule has 0 N–H and O–H groups in total. The van der Waals surface area contributed by atoms with Gasteiger partial charge in [0.05, 0.1) is 24.4 Å². The van der Waals surface area contributed by atoms with E-state index in [4.69, 9.17) is 18.1 Å². The Labute approximate surface area is 200 Å². The highest BCUT2D eigenvalue weighted by atomic mass is 32.2. The SMILES string of the molecule is CS[C-](SCCSC(=[S+]C)P(=O)(OC(C)C)OC(C)C)P(=O)(OC(C)C)OC(C)C. The monoisotopic (exact) mass is 540 g/mol. The minimum atomic E-state index is -3.37. The van der Waals surface area contributed by atoms with Crippen LogP contribution in [0.1, 0.15) is 55.4 Å². The molecule has 0 bridgehead atoms. The summed E-state index contributed by atoms with van der Waals surface area (Å²) in [6.07, 6.45) is 2.89. The van der Waals surface area contributed by atoms with Gasteiger partial charge in [-0.15, -0.1) is 0 Å². The Morgan fingerprint density at radius 3 is 1.60 bits per heavy atom. The molecule has 0 unspecified atom stereocenters. The van der Waals surface area contributed by atoms with Crippen molar-refractivity contribution in [2.75, 3.05) is 24.0 Å². The van der Waals surface area contributed by atoms with Crippen molar-refractivity contribution >= 4 is 65.8 Å². The second kappa shape index (κ2) is 15.4. The first-order valence-corrected chi connectivity index (χ1v) is 17.3. The maximum absolute atomic E-state index is 13.3. The van der Waals surface area contributed by atoms with Crippen molar-refractivity contribution in [3.05, 3.63) is 4.32 Å². The van der Waals surface area contributed by atoms with Crippen LogP contribution in [0.25, 0.3) is 0 Å². The van der Waals surface area contributed by atoms with Crippen LogP contribution in [-0.4, -0.2) is 52.4 Å². The molecule has 0 amide bonds. The smallest absolute Gasteiger partial charge is 0.328 e. The van der Waals surface area contributed by atoms with Crippen molar-refractivity contribution in [3.63, 3.8) is 0 Å². The van der Waals surface area contributed by atoms with Gasteiger partial charge in [-0.05, 0) is 67.4 Å². The zero-order chi connectivity index (χ0) is 23.5. The van der Waals surface area contributed by atoms with Gasteiger partial charge in [0.1, 0.15) is 0 Å². The Morgan fingerprint density at radius 2 is 1.27 bits per heavy atom. The van der Waals surface area contributed by atoms with Crippen LogP contribution in [0.2, 0.25) is 0 Å². The van der Waals surface area contributed by atoms with Crippen molar-refractivity contribution in [2.24, 2.45) is 0 Å². The van der Waals surface area contributed by atoms with Gasteiger partial charge >= 0.3 is 11.5 Å². The summed E-state index contributed by atoms with van der Waals surface area (Å²) in [5, 5.41) is 0. The summed E-state index contributed by atoms with van der Waals surface area (Å²) in [5.41, 5.74) is 0. The molecule has 0 atom stereocenters. The Kier molecular flexibility index (Phi) is 16.1. The minimum Gasteiger partial charge on any atom is -0.328 e. The lowest BCUT2D eigenvalue weighted by Gasteiger charge is -2.39. The Balaban J connectivity index is 5.12. The third-order valence-corrected chi connectivity index (χ3v) is 14.9. The topological polar surface area (TPSA) is 71.1 Å². The second-order valence-corrected chi connectivity index (χ2v) is 16.5. The van der Waals surface area contributed by atoms with Crippen molar-refractivity contribution in [1.29, 1.82) is 0 Å². The van der Waals surface area contributed by atoms with E-state index in [9.17, 15) is 9.13 Å². The quantitative estimate of drug-likeness (QED) is 0.0708. The molecule has 180 valence electrons. The van der Waals surface area contributed by atoms with Gasteiger partial charge in [-0.2, -0.15) is 0 Å². The summed E-state index contributed by atoms with van der Waals surface area (Å²) in [6.45, 7) is 14.7.